The van der Waals surface area contributed by atoms with Crippen LogP contribution in [0.2, 0.25) is 0 Å². The predicted molar refractivity (Wildman–Crippen MR) is 92.2 cm³/mol. The van der Waals surface area contributed by atoms with Gasteiger partial charge in [-0.15, -0.1) is 0 Å². The molecule has 1 aliphatic rings. The number of amides is 2. The Hall–Kier alpha value is -2.96. The fraction of sp³-hybridized carbons (Fsp3) is 0.333. The fourth-order valence-electron chi connectivity index (χ4n) is 2.49. The van der Waals surface area contributed by atoms with E-state index in [1.54, 1.807) is 38.1 Å². The summed E-state index contributed by atoms with van der Waals surface area (Å²) in [5.74, 6) is -0.255. The lowest BCUT2D eigenvalue weighted by atomic mass is 9.95. The molecule has 0 fully saturated rings. The van der Waals surface area contributed by atoms with Crippen molar-refractivity contribution in [1.82, 2.24) is 10.6 Å². The maximum absolute atomic E-state index is 12.5. The molecule has 0 spiro atoms. The molecule has 1 aromatic carbocycles. The van der Waals surface area contributed by atoms with Crippen molar-refractivity contribution in [3.05, 3.63) is 47.2 Å². The molecule has 2 amide bonds. The molecule has 1 aliphatic heterocycles. The van der Waals surface area contributed by atoms with Crippen LogP contribution in [0.25, 0.3) is 0 Å². The van der Waals surface area contributed by atoms with Crippen molar-refractivity contribution in [2.75, 3.05) is 13.2 Å². The molecule has 25 heavy (non-hydrogen) atoms. The molecule has 1 heterocycles. The van der Waals surface area contributed by atoms with Crippen molar-refractivity contribution in [2.24, 2.45) is 0 Å². The molecule has 7 nitrogen and oxygen atoms in total. The largest absolute Gasteiger partial charge is 0.504 e. The van der Waals surface area contributed by atoms with Crippen LogP contribution in [0.1, 0.15) is 32.4 Å². The smallest absolute Gasteiger partial charge is 0.338 e. The summed E-state index contributed by atoms with van der Waals surface area (Å²) in [6.07, 6.45) is 3.49. The zero-order valence-corrected chi connectivity index (χ0v) is 14.5. The third kappa shape index (κ3) is 4.32. The quantitative estimate of drug-likeness (QED) is 0.543. The number of urea groups is 1. The van der Waals surface area contributed by atoms with E-state index in [2.05, 4.69) is 10.6 Å². The number of carbonyl (C=O) groups excluding carboxylic acids is 2. The number of carbonyl (C=O) groups is 2. The Balaban J connectivity index is 2.38. The SMILES string of the molecule is CC=CCOC(=O)C1=C(C)NC(=O)NC1c1ccc(O)c(OCC)c1. The fourth-order valence-corrected chi connectivity index (χ4v) is 2.49. The normalized spacial score (nSPS) is 17.2. The number of rotatable bonds is 6. The first-order valence-corrected chi connectivity index (χ1v) is 8.00. The van der Waals surface area contributed by atoms with Crippen LogP contribution in [0, 0.1) is 0 Å². The number of nitrogens with one attached hydrogen (secondary N) is 2. The molecule has 134 valence electrons. The minimum Gasteiger partial charge on any atom is -0.504 e. The Morgan fingerprint density at radius 3 is 2.84 bits per heavy atom. The van der Waals surface area contributed by atoms with Crippen molar-refractivity contribution in [1.29, 1.82) is 0 Å². The van der Waals surface area contributed by atoms with Gasteiger partial charge < -0.3 is 25.2 Å². The van der Waals surface area contributed by atoms with Gasteiger partial charge in [-0.25, -0.2) is 9.59 Å². The molecular formula is C18H22N2O5. The van der Waals surface area contributed by atoms with Gasteiger partial charge >= 0.3 is 12.0 Å². The van der Waals surface area contributed by atoms with Crippen molar-refractivity contribution in [3.63, 3.8) is 0 Å². The van der Waals surface area contributed by atoms with E-state index in [9.17, 15) is 14.7 Å². The van der Waals surface area contributed by atoms with Gasteiger partial charge in [-0.2, -0.15) is 0 Å². The predicted octanol–water partition coefficient (Wildman–Crippen LogP) is 2.54. The van der Waals surface area contributed by atoms with E-state index >= 15 is 0 Å². The Morgan fingerprint density at radius 2 is 2.16 bits per heavy atom. The molecule has 1 unspecified atom stereocenters. The van der Waals surface area contributed by atoms with Gasteiger partial charge in [0.2, 0.25) is 0 Å². The number of benzene rings is 1. The monoisotopic (exact) mass is 346 g/mol. The van der Waals surface area contributed by atoms with E-state index in [1.807, 2.05) is 6.92 Å². The van der Waals surface area contributed by atoms with E-state index in [0.717, 1.165) is 0 Å². The molecule has 7 heteroatoms. The zero-order valence-electron chi connectivity index (χ0n) is 14.5. The minimum absolute atomic E-state index is 0.0104. The average Bonchev–Trinajstić information content (AvgIpc) is 2.56. The highest BCUT2D eigenvalue weighted by atomic mass is 16.5. The first-order valence-electron chi connectivity index (χ1n) is 8.00. The lowest BCUT2D eigenvalue weighted by Crippen LogP contribution is -2.45. The summed E-state index contributed by atoms with van der Waals surface area (Å²) >= 11 is 0. The van der Waals surface area contributed by atoms with Crippen molar-refractivity contribution < 1.29 is 24.2 Å². The summed E-state index contributed by atoms with van der Waals surface area (Å²) in [6, 6.07) is 3.57. The maximum Gasteiger partial charge on any atom is 0.338 e. The first kappa shape index (κ1) is 18.4. The molecule has 1 aromatic rings. The molecule has 0 aliphatic carbocycles. The van der Waals surface area contributed by atoms with E-state index in [-0.39, 0.29) is 18.1 Å². The highest BCUT2D eigenvalue weighted by Gasteiger charge is 2.32. The number of esters is 1. The van der Waals surface area contributed by atoms with Gasteiger partial charge in [0.15, 0.2) is 11.5 Å². The van der Waals surface area contributed by atoms with Crippen LogP contribution < -0.4 is 15.4 Å². The summed E-state index contributed by atoms with van der Waals surface area (Å²) < 4.78 is 10.6. The molecule has 2 rings (SSSR count). The molecule has 0 radical (unpaired) electrons. The lowest BCUT2D eigenvalue weighted by molar-refractivity contribution is -0.138. The molecule has 0 saturated heterocycles. The second-order valence-electron chi connectivity index (χ2n) is 5.40. The van der Waals surface area contributed by atoms with Crippen LogP contribution >= 0.6 is 0 Å². The standard InChI is InChI=1S/C18H22N2O5/c1-4-6-9-25-17(22)15-11(3)19-18(23)20-16(15)12-7-8-13(21)14(10-12)24-5-2/h4,6-8,10,16,21H,5,9H2,1-3H3,(H2,19,20,23). The van der Waals surface area contributed by atoms with E-state index in [0.29, 0.717) is 23.4 Å². The first-order chi connectivity index (χ1) is 12.0. The van der Waals surface area contributed by atoms with Crippen LogP contribution in [0.4, 0.5) is 4.79 Å². The highest BCUT2D eigenvalue weighted by Crippen LogP contribution is 2.34. The van der Waals surface area contributed by atoms with Gasteiger partial charge in [0, 0.05) is 5.70 Å². The van der Waals surface area contributed by atoms with Crippen LogP contribution in [0.5, 0.6) is 11.5 Å². The van der Waals surface area contributed by atoms with E-state index in [4.69, 9.17) is 9.47 Å². The lowest BCUT2D eigenvalue weighted by Gasteiger charge is -2.28. The number of hydrogen-bond acceptors (Lipinski definition) is 5. The van der Waals surface area contributed by atoms with Gasteiger partial charge in [0.25, 0.3) is 0 Å². The molecule has 0 bridgehead atoms. The van der Waals surface area contributed by atoms with Crippen LogP contribution in [0.3, 0.4) is 0 Å². The van der Waals surface area contributed by atoms with Gasteiger partial charge in [-0.05, 0) is 38.5 Å². The number of allylic oxidation sites excluding steroid dienone is 2. The Kier molecular flexibility index (Phi) is 6.05. The van der Waals surface area contributed by atoms with Crippen molar-refractivity contribution in [2.45, 2.75) is 26.8 Å². The van der Waals surface area contributed by atoms with Gasteiger partial charge in [0.05, 0.1) is 18.2 Å². The van der Waals surface area contributed by atoms with E-state index < -0.39 is 18.0 Å². The highest BCUT2D eigenvalue weighted by molar-refractivity contribution is 5.95. The Morgan fingerprint density at radius 1 is 1.40 bits per heavy atom. The Bertz CT molecular complexity index is 724. The topological polar surface area (TPSA) is 96.9 Å². The molecule has 0 saturated carbocycles. The zero-order chi connectivity index (χ0) is 18.4. The molecular weight excluding hydrogens is 324 g/mol. The second kappa shape index (κ2) is 8.23. The Labute approximate surface area is 146 Å². The number of hydrogen-bond donors (Lipinski definition) is 3. The third-order valence-electron chi connectivity index (χ3n) is 3.65. The molecule has 3 N–H and O–H groups in total. The minimum atomic E-state index is -0.702. The summed E-state index contributed by atoms with van der Waals surface area (Å²) in [5, 5.41) is 15.1. The number of aromatic hydroxyl groups is 1. The number of phenolic OH excluding ortho intramolecular Hbond substituents is 1. The summed E-state index contributed by atoms with van der Waals surface area (Å²) in [6.45, 7) is 5.79. The van der Waals surface area contributed by atoms with Crippen molar-refractivity contribution in [3.8, 4) is 11.5 Å². The maximum atomic E-state index is 12.5. The van der Waals surface area contributed by atoms with Crippen LogP contribution in [0.15, 0.2) is 41.6 Å². The second-order valence-corrected chi connectivity index (χ2v) is 5.40. The van der Waals surface area contributed by atoms with E-state index in [1.165, 1.54) is 6.07 Å². The molecule has 1 atom stereocenters. The van der Waals surface area contributed by atoms with Gasteiger partial charge in [0.1, 0.15) is 6.61 Å². The molecule has 0 aromatic heterocycles. The van der Waals surface area contributed by atoms with Gasteiger partial charge in [-0.3, -0.25) is 0 Å². The summed E-state index contributed by atoms with van der Waals surface area (Å²) in [7, 11) is 0. The summed E-state index contributed by atoms with van der Waals surface area (Å²) in [4.78, 5) is 24.3. The average molecular weight is 346 g/mol. The number of ether oxygens (including phenoxy) is 2. The van der Waals surface area contributed by atoms with Crippen molar-refractivity contribution >= 4 is 12.0 Å². The summed E-state index contributed by atoms with van der Waals surface area (Å²) in [5.41, 5.74) is 1.33. The number of phenols is 1. The van der Waals surface area contributed by atoms with Crippen LogP contribution in [-0.4, -0.2) is 30.3 Å². The third-order valence-corrected chi connectivity index (χ3v) is 3.65. The van der Waals surface area contributed by atoms with Gasteiger partial charge in [-0.1, -0.05) is 18.2 Å². The van der Waals surface area contributed by atoms with Crippen LogP contribution in [-0.2, 0) is 9.53 Å².